The molecule has 5 heteroatoms. The van der Waals surface area contributed by atoms with Crippen LogP contribution in [-0.4, -0.2) is 26.2 Å². The maximum absolute atomic E-state index is 12.5. The fourth-order valence-corrected chi connectivity index (χ4v) is 3.38. The van der Waals surface area contributed by atoms with E-state index in [2.05, 4.69) is 34.8 Å². The SMILES string of the molecule is COc1cc(I)c(C(=O)NC2CCC(C)CC2)cc1OC. The molecule has 1 aromatic carbocycles. The topological polar surface area (TPSA) is 47.6 Å². The van der Waals surface area contributed by atoms with E-state index in [1.807, 2.05) is 6.07 Å². The van der Waals surface area contributed by atoms with Crippen LogP contribution in [0.15, 0.2) is 12.1 Å². The number of carbonyl (C=O) groups is 1. The van der Waals surface area contributed by atoms with Gasteiger partial charge in [-0.1, -0.05) is 6.92 Å². The molecule has 1 aromatic rings. The number of hydrogen-bond acceptors (Lipinski definition) is 3. The van der Waals surface area contributed by atoms with Crippen molar-refractivity contribution in [3.63, 3.8) is 0 Å². The summed E-state index contributed by atoms with van der Waals surface area (Å²) >= 11 is 2.16. The largest absolute Gasteiger partial charge is 0.493 e. The van der Waals surface area contributed by atoms with Crippen LogP contribution >= 0.6 is 22.6 Å². The first-order valence-corrected chi connectivity index (χ1v) is 8.35. The molecule has 0 heterocycles. The van der Waals surface area contributed by atoms with E-state index < -0.39 is 0 Å². The minimum absolute atomic E-state index is 0.0279. The van der Waals surface area contributed by atoms with Gasteiger partial charge in [-0.25, -0.2) is 0 Å². The Balaban J connectivity index is 2.11. The van der Waals surface area contributed by atoms with E-state index in [-0.39, 0.29) is 11.9 Å². The summed E-state index contributed by atoms with van der Waals surface area (Å²) in [5.74, 6) is 1.98. The molecule has 21 heavy (non-hydrogen) atoms. The molecule has 0 bridgehead atoms. The number of hydrogen-bond donors (Lipinski definition) is 1. The maximum Gasteiger partial charge on any atom is 0.252 e. The molecule has 0 aliphatic heterocycles. The lowest BCUT2D eigenvalue weighted by Crippen LogP contribution is -2.37. The van der Waals surface area contributed by atoms with Crippen molar-refractivity contribution in [1.29, 1.82) is 0 Å². The highest BCUT2D eigenvalue weighted by atomic mass is 127. The third-order valence-corrected chi connectivity index (χ3v) is 4.96. The summed E-state index contributed by atoms with van der Waals surface area (Å²) in [7, 11) is 3.17. The summed E-state index contributed by atoms with van der Waals surface area (Å²) < 4.78 is 11.4. The average molecular weight is 403 g/mol. The Morgan fingerprint density at radius 1 is 1.14 bits per heavy atom. The molecule has 1 fully saturated rings. The number of amides is 1. The molecule has 0 aromatic heterocycles. The van der Waals surface area contributed by atoms with Gasteiger partial charge in [-0.15, -0.1) is 0 Å². The highest BCUT2D eigenvalue weighted by molar-refractivity contribution is 14.1. The zero-order valence-corrected chi connectivity index (χ0v) is 14.9. The number of halogens is 1. The van der Waals surface area contributed by atoms with Crippen molar-refractivity contribution in [3.05, 3.63) is 21.3 Å². The Morgan fingerprint density at radius 2 is 1.71 bits per heavy atom. The van der Waals surface area contributed by atoms with Crippen molar-refractivity contribution >= 4 is 28.5 Å². The van der Waals surface area contributed by atoms with E-state index in [4.69, 9.17) is 9.47 Å². The normalized spacial score (nSPS) is 21.7. The van der Waals surface area contributed by atoms with Crippen LogP contribution < -0.4 is 14.8 Å². The highest BCUT2D eigenvalue weighted by Gasteiger charge is 2.22. The van der Waals surface area contributed by atoms with Crippen LogP contribution in [0.5, 0.6) is 11.5 Å². The van der Waals surface area contributed by atoms with Gasteiger partial charge in [0.25, 0.3) is 5.91 Å². The van der Waals surface area contributed by atoms with Gasteiger partial charge in [0, 0.05) is 9.61 Å². The van der Waals surface area contributed by atoms with Gasteiger partial charge in [-0.05, 0) is 66.3 Å². The van der Waals surface area contributed by atoms with Gasteiger partial charge in [0.05, 0.1) is 19.8 Å². The molecule has 116 valence electrons. The fourth-order valence-electron chi connectivity index (χ4n) is 2.70. The van der Waals surface area contributed by atoms with Crippen molar-refractivity contribution in [2.75, 3.05) is 14.2 Å². The fraction of sp³-hybridized carbons (Fsp3) is 0.562. The second-order valence-corrected chi connectivity index (χ2v) is 6.78. The summed E-state index contributed by atoms with van der Waals surface area (Å²) in [6, 6.07) is 3.87. The van der Waals surface area contributed by atoms with Crippen LogP contribution in [0.2, 0.25) is 0 Å². The second-order valence-electron chi connectivity index (χ2n) is 5.62. The Morgan fingerprint density at radius 3 is 2.29 bits per heavy atom. The molecule has 1 N–H and O–H groups in total. The Hall–Kier alpha value is -0.980. The summed E-state index contributed by atoms with van der Waals surface area (Å²) in [5, 5.41) is 3.15. The third kappa shape index (κ3) is 4.02. The number of ether oxygens (including phenoxy) is 2. The molecule has 1 aliphatic carbocycles. The van der Waals surface area contributed by atoms with E-state index in [0.717, 1.165) is 22.3 Å². The highest BCUT2D eigenvalue weighted by Crippen LogP contribution is 2.31. The van der Waals surface area contributed by atoms with E-state index in [0.29, 0.717) is 17.1 Å². The molecule has 1 aliphatic rings. The molecule has 2 rings (SSSR count). The molecule has 0 radical (unpaired) electrons. The lowest BCUT2D eigenvalue weighted by atomic mass is 9.87. The monoisotopic (exact) mass is 403 g/mol. The molecule has 4 nitrogen and oxygen atoms in total. The zero-order chi connectivity index (χ0) is 15.4. The standard InChI is InChI=1S/C16H22INO3/c1-10-4-6-11(7-5-10)18-16(19)12-8-14(20-2)15(21-3)9-13(12)17/h8-11H,4-7H2,1-3H3,(H,18,19). The lowest BCUT2D eigenvalue weighted by Gasteiger charge is -2.27. The van der Waals surface area contributed by atoms with E-state index in [9.17, 15) is 4.79 Å². The van der Waals surface area contributed by atoms with Crippen LogP contribution in [-0.2, 0) is 0 Å². The zero-order valence-electron chi connectivity index (χ0n) is 12.7. The molecular formula is C16H22INO3. The average Bonchev–Trinajstić information content (AvgIpc) is 2.49. The van der Waals surface area contributed by atoms with Crippen LogP contribution in [0.1, 0.15) is 43.0 Å². The van der Waals surface area contributed by atoms with Gasteiger partial charge in [0.2, 0.25) is 0 Å². The Labute approximate surface area is 139 Å². The minimum Gasteiger partial charge on any atom is -0.493 e. The predicted molar refractivity (Wildman–Crippen MR) is 91.1 cm³/mol. The van der Waals surface area contributed by atoms with Gasteiger partial charge in [-0.2, -0.15) is 0 Å². The quantitative estimate of drug-likeness (QED) is 0.782. The summed E-state index contributed by atoms with van der Waals surface area (Å²) in [4.78, 5) is 12.5. The van der Waals surface area contributed by atoms with Crippen molar-refractivity contribution in [2.45, 2.75) is 38.6 Å². The molecule has 0 saturated heterocycles. The number of nitrogens with one attached hydrogen (secondary N) is 1. The van der Waals surface area contributed by atoms with E-state index in [1.54, 1.807) is 20.3 Å². The summed E-state index contributed by atoms with van der Waals surface area (Å²) in [5.41, 5.74) is 0.645. The van der Waals surface area contributed by atoms with Crippen LogP contribution in [0.4, 0.5) is 0 Å². The van der Waals surface area contributed by atoms with Gasteiger partial charge < -0.3 is 14.8 Å². The van der Waals surface area contributed by atoms with Crippen molar-refractivity contribution in [1.82, 2.24) is 5.32 Å². The van der Waals surface area contributed by atoms with Gasteiger partial charge in [0.15, 0.2) is 11.5 Å². The van der Waals surface area contributed by atoms with Crippen molar-refractivity contribution in [2.24, 2.45) is 5.92 Å². The molecule has 1 saturated carbocycles. The van der Waals surface area contributed by atoms with Gasteiger partial charge >= 0.3 is 0 Å². The number of methoxy groups -OCH3 is 2. The first kappa shape index (κ1) is 16.4. The van der Waals surface area contributed by atoms with Crippen molar-refractivity contribution in [3.8, 4) is 11.5 Å². The van der Waals surface area contributed by atoms with Crippen LogP contribution in [0.25, 0.3) is 0 Å². The smallest absolute Gasteiger partial charge is 0.252 e. The third-order valence-electron chi connectivity index (χ3n) is 4.07. The number of rotatable bonds is 4. The van der Waals surface area contributed by atoms with Gasteiger partial charge in [0.1, 0.15) is 0 Å². The molecular weight excluding hydrogens is 381 g/mol. The molecule has 0 unspecified atom stereocenters. The number of carbonyl (C=O) groups excluding carboxylic acids is 1. The van der Waals surface area contributed by atoms with E-state index >= 15 is 0 Å². The minimum atomic E-state index is -0.0279. The summed E-state index contributed by atoms with van der Waals surface area (Å²) in [6.07, 6.45) is 4.51. The number of benzene rings is 1. The summed E-state index contributed by atoms with van der Waals surface area (Å²) in [6.45, 7) is 2.27. The van der Waals surface area contributed by atoms with Crippen molar-refractivity contribution < 1.29 is 14.3 Å². The van der Waals surface area contributed by atoms with Crippen LogP contribution in [0.3, 0.4) is 0 Å². The first-order chi connectivity index (χ1) is 10.0. The molecule has 0 atom stereocenters. The Bertz CT molecular complexity index is 510. The maximum atomic E-state index is 12.5. The molecule has 0 spiro atoms. The van der Waals surface area contributed by atoms with Crippen LogP contribution in [0, 0.1) is 9.49 Å². The van der Waals surface area contributed by atoms with Gasteiger partial charge in [-0.3, -0.25) is 4.79 Å². The van der Waals surface area contributed by atoms with E-state index in [1.165, 1.54) is 12.8 Å². The predicted octanol–water partition coefficient (Wildman–Crippen LogP) is 3.62. The lowest BCUT2D eigenvalue weighted by molar-refractivity contribution is 0.0921. The Kier molecular flexibility index (Phi) is 5.72. The second kappa shape index (κ2) is 7.33. The molecule has 1 amide bonds. The first-order valence-electron chi connectivity index (χ1n) is 7.27.